The van der Waals surface area contributed by atoms with E-state index in [0.717, 1.165) is 82.0 Å². The van der Waals surface area contributed by atoms with Crippen molar-refractivity contribution < 1.29 is 9.59 Å². The number of hydrogen-bond acceptors (Lipinski definition) is 10. The van der Waals surface area contributed by atoms with Crippen molar-refractivity contribution in [1.82, 2.24) is 0 Å². The van der Waals surface area contributed by atoms with Crippen LogP contribution in [0, 0.1) is 45.3 Å². The highest BCUT2D eigenvalue weighted by Crippen LogP contribution is 2.70. The Morgan fingerprint density at radius 1 is 0.333 bits per heavy atom. The van der Waals surface area contributed by atoms with Gasteiger partial charge in [-0.3, -0.25) is 9.59 Å². The van der Waals surface area contributed by atoms with Gasteiger partial charge in [0.25, 0.3) is 0 Å². The lowest BCUT2D eigenvalue weighted by Crippen LogP contribution is -2.29. The fraction of sp³-hybridized carbons (Fsp3) is 0.347. The lowest BCUT2D eigenvalue weighted by molar-refractivity contribution is 0.103. The second-order valence-electron chi connectivity index (χ2n) is 30.2. The fourth-order valence-corrected chi connectivity index (χ4v) is 23.4. The van der Waals surface area contributed by atoms with Crippen LogP contribution in [0.1, 0.15) is 290 Å². The average Bonchev–Trinajstić information content (AvgIpc) is 1.48. The Morgan fingerprint density at radius 2 is 0.602 bits per heavy atom. The summed E-state index contributed by atoms with van der Waals surface area (Å²) in [6.45, 7) is 9.10. The van der Waals surface area contributed by atoms with Gasteiger partial charge in [0.1, 0.15) is 35.4 Å². The number of nitrogens with zero attached hydrogens (tertiary/aromatic N) is 4. The molecule has 10 aromatic rings. The first-order valence-corrected chi connectivity index (χ1v) is 43.4. The van der Waals surface area contributed by atoms with Crippen LogP contribution in [0.2, 0.25) is 0 Å². The number of thiophene rings is 4. The third-order valence-electron chi connectivity index (χ3n) is 23.2. The maximum atomic E-state index is 14.9. The van der Waals surface area contributed by atoms with Gasteiger partial charge in [-0.15, -0.1) is 45.3 Å². The minimum absolute atomic E-state index is 0.0818. The molecule has 6 nitrogen and oxygen atoms in total. The number of carbonyl (C=O) groups excluding carboxylic acids is 2. The molecular weight excluding hydrogens is 1390 g/mol. The van der Waals surface area contributed by atoms with E-state index in [1.807, 2.05) is 71.2 Å². The van der Waals surface area contributed by atoms with Crippen LogP contribution in [0.15, 0.2) is 180 Å². The predicted octanol–water partition coefficient (Wildman–Crippen LogP) is 27.6. The van der Waals surface area contributed by atoms with Crippen molar-refractivity contribution in [3.63, 3.8) is 0 Å². The Bertz CT molecular complexity index is 4820. The van der Waals surface area contributed by atoms with Gasteiger partial charge >= 0.3 is 0 Å². The van der Waals surface area contributed by atoms with Crippen molar-refractivity contribution in [1.29, 1.82) is 21.0 Å². The molecule has 0 fully saturated rings. The quantitative estimate of drug-likeness (QED) is 0.0224. The molecular formula is C98H96N4O2S4. The zero-order valence-electron chi connectivity index (χ0n) is 63.2. The molecule has 4 aromatic heterocycles. The molecule has 4 aliphatic carbocycles. The number of aryl methyl sites for hydroxylation is 4. The molecule has 14 rings (SSSR count). The lowest BCUT2D eigenvalue weighted by Gasteiger charge is -2.34. The lowest BCUT2D eigenvalue weighted by atomic mass is 9.67. The summed E-state index contributed by atoms with van der Waals surface area (Å²) in [5, 5.41) is 42.3. The monoisotopic (exact) mass is 1490 g/mol. The highest BCUT2D eigenvalue weighted by molar-refractivity contribution is 7.34. The molecule has 544 valence electrons. The number of fused-ring (bicyclic) bond motifs is 11. The molecule has 0 N–H and O–H groups in total. The third kappa shape index (κ3) is 14.3. The Morgan fingerprint density at radius 3 is 0.880 bits per heavy atom. The SMILES string of the molecule is CCCCCCCCc1ccc(C2(c3ccc(CCCCCCCC)cc3)c3cc(/C=C4\C(=O)c5ccccc5C4=C(C#N)C#N)sc3-c3sc4c5c(sc4c32)-c2sc(/C=C3\C(=O)c4ccccc4C3=C(C#N)C#N)cc2C5(c2ccc(CCCCCCCC)cc2)c2ccc(CCCCCCCC)cc2)cc1. The number of carbonyl (C=O) groups is 2. The second kappa shape index (κ2) is 34.5. The van der Waals surface area contributed by atoms with Crippen molar-refractivity contribution in [2.75, 3.05) is 0 Å². The summed E-state index contributed by atoms with van der Waals surface area (Å²) in [5.74, 6) is -0.392. The van der Waals surface area contributed by atoms with Crippen LogP contribution in [0.25, 0.3) is 52.2 Å². The molecule has 0 saturated heterocycles. The number of benzene rings is 6. The Balaban J connectivity index is 1.03. The highest BCUT2D eigenvalue weighted by Gasteiger charge is 2.55. The normalized spacial score (nSPS) is 14.7. The molecule has 0 bridgehead atoms. The zero-order chi connectivity index (χ0) is 74.7. The Hall–Kier alpha value is -9.36. The van der Waals surface area contributed by atoms with Crippen LogP contribution in [0.5, 0.6) is 0 Å². The molecule has 0 amide bonds. The van der Waals surface area contributed by atoms with Crippen LogP contribution < -0.4 is 0 Å². The van der Waals surface area contributed by atoms with Crippen LogP contribution in [-0.2, 0) is 36.5 Å². The summed E-state index contributed by atoms with van der Waals surface area (Å²) in [6.07, 6.45) is 37.3. The number of unbranched alkanes of at least 4 members (excludes halogenated alkanes) is 20. The maximum Gasteiger partial charge on any atom is 0.194 e. The molecule has 0 radical (unpaired) electrons. The van der Waals surface area contributed by atoms with E-state index in [9.17, 15) is 30.6 Å². The Kier molecular flexibility index (Phi) is 24.1. The van der Waals surface area contributed by atoms with Gasteiger partial charge in [-0.05, 0) is 142 Å². The first-order valence-electron chi connectivity index (χ1n) is 40.2. The molecule has 0 aliphatic heterocycles. The summed E-state index contributed by atoms with van der Waals surface area (Å²) in [6, 6.07) is 66.4. The number of rotatable bonds is 34. The summed E-state index contributed by atoms with van der Waals surface area (Å²) in [5.41, 5.74) is 16.6. The zero-order valence-corrected chi connectivity index (χ0v) is 66.5. The van der Waals surface area contributed by atoms with E-state index in [2.05, 4.69) is 161 Å². The van der Waals surface area contributed by atoms with E-state index in [4.69, 9.17) is 0 Å². The van der Waals surface area contributed by atoms with E-state index in [1.54, 1.807) is 34.8 Å². The molecule has 4 aliphatic rings. The van der Waals surface area contributed by atoms with E-state index in [1.165, 1.54) is 203 Å². The van der Waals surface area contributed by atoms with E-state index < -0.39 is 10.8 Å². The van der Waals surface area contributed by atoms with Gasteiger partial charge in [0, 0.05) is 54.3 Å². The van der Waals surface area contributed by atoms with Gasteiger partial charge in [-0.1, -0.05) is 302 Å². The molecule has 0 saturated carbocycles. The van der Waals surface area contributed by atoms with Crippen LogP contribution in [-0.4, -0.2) is 11.6 Å². The molecule has 0 atom stereocenters. The molecule has 108 heavy (non-hydrogen) atoms. The third-order valence-corrected chi connectivity index (χ3v) is 28.3. The number of hydrogen-bond donors (Lipinski definition) is 0. The van der Waals surface area contributed by atoms with E-state index >= 15 is 0 Å². The summed E-state index contributed by atoms with van der Waals surface area (Å²) in [4.78, 5) is 36.2. The summed E-state index contributed by atoms with van der Waals surface area (Å²) < 4.78 is 2.47. The summed E-state index contributed by atoms with van der Waals surface area (Å²) in [7, 11) is 0. The standard InChI is InChI=1S/C98H96N4O2S4/c1-5-9-13-17-21-25-33-65-41-49-71(50-42-65)97(72-51-43-66(44-52-72)34-26-22-18-14-10-6-2)83-59-75(57-81-85(69(61-99)62-100)77-37-29-31-39-79(77)89(81)103)105-91(83)93-87(97)95-96(107-93)88-94(108-95)92-84(60-76(106-92)58-82-86(70(63-101)64-102)78-38-30-32-40-80(78)90(82)104)98(88,73-53-45-67(46-54-73)35-27-23-19-15-11-7-3)74-55-47-68(48-56-74)36-28-24-20-16-12-8-4/h29-32,37-60H,5-28,33-36H2,1-4H3/b81-57-,82-58-. The van der Waals surface area contributed by atoms with Gasteiger partial charge in [0.05, 0.1) is 39.7 Å². The number of allylic oxidation sites excluding steroid dienone is 6. The van der Waals surface area contributed by atoms with Crippen LogP contribution in [0.4, 0.5) is 0 Å². The van der Waals surface area contributed by atoms with Crippen LogP contribution >= 0.6 is 45.3 Å². The van der Waals surface area contributed by atoms with Crippen molar-refractivity contribution in [2.24, 2.45) is 0 Å². The number of ketones is 2. The molecule has 0 spiro atoms. The molecule has 0 unspecified atom stereocenters. The highest BCUT2D eigenvalue weighted by atomic mass is 32.1. The number of nitriles is 4. The average molecular weight is 1490 g/mol. The topological polar surface area (TPSA) is 129 Å². The van der Waals surface area contributed by atoms with Crippen molar-refractivity contribution >= 4 is 89.6 Å². The molecule has 4 heterocycles. The van der Waals surface area contributed by atoms with E-state index in [-0.39, 0.29) is 22.7 Å². The molecule has 6 aromatic carbocycles. The molecule has 10 heteroatoms. The summed E-state index contributed by atoms with van der Waals surface area (Å²) >= 11 is 7.19. The van der Waals surface area contributed by atoms with Crippen molar-refractivity contribution in [3.05, 3.63) is 279 Å². The fourth-order valence-electron chi connectivity index (χ4n) is 17.7. The van der Waals surface area contributed by atoms with Gasteiger partial charge in [0.2, 0.25) is 0 Å². The van der Waals surface area contributed by atoms with Crippen LogP contribution in [0.3, 0.4) is 0 Å². The first kappa shape index (κ1) is 75.5. The largest absolute Gasteiger partial charge is 0.289 e. The van der Waals surface area contributed by atoms with Crippen molar-refractivity contribution in [2.45, 2.75) is 218 Å². The van der Waals surface area contributed by atoms with Gasteiger partial charge < -0.3 is 0 Å². The minimum Gasteiger partial charge on any atom is -0.289 e. The van der Waals surface area contributed by atoms with Gasteiger partial charge in [-0.2, -0.15) is 21.0 Å². The minimum atomic E-state index is -0.857. The van der Waals surface area contributed by atoms with E-state index in [0.29, 0.717) is 44.5 Å². The van der Waals surface area contributed by atoms with Gasteiger partial charge in [0.15, 0.2) is 11.6 Å². The second-order valence-corrected chi connectivity index (χ2v) is 34.4. The van der Waals surface area contributed by atoms with Gasteiger partial charge in [-0.25, -0.2) is 0 Å². The smallest absolute Gasteiger partial charge is 0.194 e. The predicted molar refractivity (Wildman–Crippen MR) is 452 cm³/mol. The van der Waals surface area contributed by atoms with Crippen molar-refractivity contribution in [3.8, 4) is 43.8 Å². The first-order chi connectivity index (χ1) is 53.1. The number of Topliss-reactive ketones (excluding diaryl/α,β-unsaturated/α-hetero) is 2. The maximum absolute atomic E-state index is 14.9. The Labute approximate surface area is 656 Å².